The summed E-state index contributed by atoms with van der Waals surface area (Å²) in [4.78, 5) is 1.36. The van der Waals surface area contributed by atoms with Gasteiger partial charge in [0.05, 0.1) is 0 Å². The first-order valence-electron chi connectivity index (χ1n) is 6.86. The SMILES string of the molecule is CCSc1ccc([C@H](C)NC2CCOCC2)cc1. The van der Waals surface area contributed by atoms with E-state index in [-0.39, 0.29) is 0 Å². The van der Waals surface area contributed by atoms with Crippen molar-refractivity contribution in [3.05, 3.63) is 29.8 Å². The van der Waals surface area contributed by atoms with Gasteiger partial charge in [-0.25, -0.2) is 0 Å². The number of hydrogen-bond donors (Lipinski definition) is 1. The predicted molar refractivity (Wildman–Crippen MR) is 78.2 cm³/mol. The Morgan fingerprint density at radius 2 is 1.94 bits per heavy atom. The van der Waals surface area contributed by atoms with Crippen molar-refractivity contribution in [2.24, 2.45) is 0 Å². The summed E-state index contributed by atoms with van der Waals surface area (Å²) in [6.07, 6.45) is 2.27. The molecule has 0 radical (unpaired) electrons. The predicted octanol–water partition coefficient (Wildman–Crippen LogP) is 3.63. The topological polar surface area (TPSA) is 21.3 Å². The van der Waals surface area contributed by atoms with E-state index in [1.165, 1.54) is 10.5 Å². The Morgan fingerprint density at radius 1 is 1.28 bits per heavy atom. The molecular weight excluding hydrogens is 242 g/mol. The Hall–Kier alpha value is -0.510. The van der Waals surface area contributed by atoms with Gasteiger partial charge in [-0.1, -0.05) is 19.1 Å². The summed E-state index contributed by atoms with van der Waals surface area (Å²) < 4.78 is 5.39. The highest BCUT2D eigenvalue weighted by Crippen LogP contribution is 2.21. The Labute approximate surface area is 114 Å². The maximum absolute atomic E-state index is 5.39. The minimum atomic E-state index is 0.425. The lowest BCUT2D eigenvalue weighted by atomic mass is 10.0. The van der Waals surface area contributed by atoms with E-state index < -0.39 is 0 Å². The van der Waals surface area contributed by atoms with E-state index in [9.17, 15) is 0 Å². The van der Waals surface area contributed by atoms with Gasteiger partial charge in [0.25, 0.3) is 0 Å². The zero-order valence-corrected chi connectivity index (χ0v) is 12.1. The largest absolute Gasteiger partial charge is 0.381 e. The Kier molecular flexibility index (Phi) is 5.54. The molecule has 1 aromatic carbocycles. The number of benzene rings is 1. The van der Waals surface area contributed by atoms with Gasteiger partial charge in [0.1, 0.15) is 0 Å². The Balaban J connectivity index is 1.89. The van der Waals surface area contributed by atoms with Gasteiger partial charge >= 0.3 is 0 Å². The average molecular weight is 265 g/mol. The molecular formula is C15H23NOS. The van der Waals surface area contributed by atoms with E-state index in [0.29, 0.717) is 12.1 Å². The molecule has 0 aromatic heterocycles. The highest BCUT2D eigenvalue weighted by molar-refractivity contribution is 7.99. The van der Waals surface area contributed by atoms with Crippen LogP contribution in [-0.2, 0) is 4.74 Å². The number of ether oxygens (including phenoxy) is 1. The quantitative estimate of drug-likeness (QED) is 0.822. The Morgan fingerprint density at radius 3 is 2.56 bits per heavy atom. The third-order valence-corrected chi connectivity index (χ3v) is 4.29. The fraction of sp³-hybridized carbons (Fsp3) is 0.600. The van der Waals surface area contributed by atoms with Crippen molar-refractivity contribution in [1.82, 2.24) is 5.32 Å². The fourth-order valence-electron chi connectivity index (χ4n) is 2.33. The second-order valence-corrected chi connectivity index (χ2v) is 6.11. The Bertz CT molecular complexity index is 346. The number of rotatable bonds is 5. The first-order chi connectivity index (χ1) is 8.79. The van der Waals surface area contributed by atoms with Gasteiger partial charge in [0.2, 0.25) is 0 Å². The lowest BCUT2D eigenvalue weighted by molar-refractivity contribution is 0.0754. The smallest absolute Gasteiger partial charge is 0.0480 e. The van der Waals surface area contributed by atoms with Gasteiger partial charge in [-0.15, -0.1) is 11.8 Å². The van der Waals surface area contributed by atoms with Crippen molar-refractivity contribution in [2.75, 3.05) is 19.0 Å². The van der Waals surface area contributed by atoms with Crippen LogP contribution in [-0.4, -0.2) is 25.0 Å². The van der Waals surface area contributed by atoms with Gasteiger partial charge in [-0.2, -0.15) is 0 Å². The fourth-order valence-corrected chi connectivity index (χ4v) is 3.00. The summed E-state index contributed by atoms with van der Waals surface area (Å²) in [6, 6.07) is 9.98. The number of thioether (sulfide) groups is 1. The van der Waals surface area contributed by atoms with Gasteiger partial charge in [0.15, 0.2) is 0 Å². The zero-order chi connectivity index (χ0) is 12.8. The lowest BCUT2D eigenvalue weighted by Crippen LogP contribution is -2.36. The molecule has 1 fully saturated rings. The third kappa shape index (κ3) is 4.01. The van der Waals surface area contributed by atoms with Crippen LogP contribution < -0.4 is 5.32 Å². The lowest BCUT2D eigenvalue weighted by Gasteiger charge is -2.27. The van der Waals surface area contributed by atoms with Crippen LogP contribution in [0, 0.1) is 0 Å². The maximum atomic E-state index is 5.39. The molecule has 3 heteroatoms. The van der Waals surface area contributed by atoms with Crippen molar-refractivity contribution in [3.8, 4) is 0 Å². The van der Waals surface area contributed by atoms with Gasteiger partial charge < -0.3 is 10.1 Å². The molecule has 0 saturated carbocycles. The molecule has 0 spiro atoms. The average Bonchev–Trinajstić information content (AvgIpc) is 2.41. The van der Waals surface area contributed by atoms with E-state index in [1.807, 2.05) is 11.8 Å². The molecule has 18 heavy (non-hydrogen) atoms. The molecule has 0 aliphatic carbocycles. The minimum absolute atomic E-state index is 0.425. The van der Waals surface area contributed by atoms with E-state index in [0.717, 1.165) is 31.8 Å². The first kappa shape index (κ1) is 13.9. The molecule has 2 nitrogen and oxygen atoms in total. The minimum Gasteiger partial charge on any atom is -0.381 e. The summed E-state index contributed by atoms with van der Waals surface area (Å²) in [5, 5.41) is 3.70. The summed E-state index contributed by atoms with van der Waals surface area (Å²) in [7, 11) is 0. The molecule has 2 rings (SSSR count). The molecule has 0 unspecified atom stereocenters. The number of hydrogen-bond acceptors (Lipinski definition) is 3. The first-order valence-corrected chi connectivity index (χ1v) is 7.84. The highest BCUT2D eigenvalue weighted by atomic mass is 32.2. The summed E-state index contributed by atoms with van der Waals surface area (Å²) in [5.74, 6) is 1.13. The molecule has 1 atom stereocenters. The molecule has 100 valence electrons. The van der Waals surface area contributed by atoms with Crippen molar-refractivity contribution >= 4 is 11.8 Å². The molecule has 1 aromatic rings. The monoisotopic (exact) mass is 265 g/mol. The molecule has 1 saturated heterocycles. The van der Waals surface area contributed by atoms with Crippen LogP contribution in [0.2, 0.25) is 0 Å². The summed E-state index contributed by atoms with van der Waals surface area (Å²) >= 11 is 1.89. The van der Waals surface area contributed by atoms with Crippen LogP contribution in [0.15, 0.2) is 29.2 Å². The normalized spacial score (nSPS) is 18.8. The maximum Gasteiger partial charge on any atom is 0.0480 e. The van der Waals surface area contributed by atoms with E-state index in [2.05, 4.69) is 43.4 Å². The zero-order valence-electron chi connectivity index (χ0n) is 11.3. The second kappa shape index (κ2) is 7.17. The molecule has 1 aliphatic rings. The van der Waals surface area contributed by atoms with Crippen LogP contribution in [0.25, 0.3) is 0 Å². The van der Waals surface area contributed by atoms with E-state index >= 15 is 0 Å². The molecule has 0 bridgehead atoms. The van der Waals surface area contributed by atoms with Crippen LogP contribution in [0.4, 0.5) is 0 Å². The van der Waals surface area contributed by atoms with Crippen LogP contribution in [0.3, 0.4) is 0 Å². The number of nitrogens with one attached hydrogen (secondary N) is 1. The molecule has 1 heterocycles. The van der Waals surface area contributed by atoms with Gasteiger partial charge in [0, 0.05) is 30.2 Å². The van der Waals surface area contributed by atoms with Crippen LogP contribution >= 0.6 is 11.8 Å². The standard InChI is InChI=1S/C15H23NOS/c1-3-18-15-6-4-13(5-7-15)12(2)16-14-8-10-17-11-9-14/h4-7,12,14,16H,3,8-11H2,1-2H3/t12-/m0/s1. The summed E-state index contributed by atoms with van der Waals surface area (Å²) in [6.45, 7) is 6.23. The van der Waals surface area contributed by atoms with Crippen molar-refractivity contribution < 1.29 is 4.74 Å². The van der Waals surface area contributed by atoms with E-state index in [1.54, 1.807) is 0 Å². The molecule has 1 N–H and O–H groups in total. The van der Waals surface area contributed by atoms with Crippen molar-refractivity contribution in [2.45, 2.75) is 43.7 Å². The van der Waals surface area contributed by atoms with Gasteiger partial charge in [-0.05, 0) is 43.2 Å². The molecule has 0 amide bonds. The van der Waals surface area contributed by atoms with Gasteiger partial charge in [-0.3, -0.25) is 0 Å². The van der Waals surface area contributed by atoms with Crippen molar-refractivity contribution in [3.63, 3.8) is 0 Å². The van der Waals surface area contributed by atoms with E-state index in [4.69, 9.17) is 4.74 Å². The molecule has 1 aliphatic heterocycles. The van der Waals surface area contributed by atoms with Crippen molar-refractivity contribution in [1.29, 1.82) is 0 Å². The second-order valence-electron chi connectivity index (χ2n) is 4.78. The summed E-state index contributed by atoms with van der Waals surface area (Å²) in [5.41, 5.74) is 1.38. The highest BCUT2D eigenvalue weighted by Gasteiger charge is 2.16. The van der Waals surface area contributed by atoms with Crippen LogP contribution in [0.1, 0.15) is 38.3 Å². The van der Waals surface area contributed by atoms with Crippen LogP contribution in [0.5, 0.6) is 0 Å². The third-order valence-electron chi connectivity index (χ3n) is 3.40.